The highest BCUT2D eigenvalue weighted by Gasteiger charge is 2.29. The van der Waals surface area contributed by atoms with Crippen molar-refractivity contribution in [1.82, 2.24) is 14.7 Å². The number of nitrogens with zero attached hydrogens (tertiary/aromatic N) is 3. The van der Waals surface area contributed by atoms with E-state index in [1.54, 1.807) is 47.1 Å². The maximum atomic E-state index is 13.4. The van der Waals surface area contributed by atoms with Gasteiger partial charge in [0, 0.05) is 32.0 Å². The molecule has 0 radical (unpaired) electrons. The van der Waals surface area contributed by atoms with Gasteiger partial charge in [-0.2, -0.15) is 5.10 Å². The summed E-state index contributed by atoms with van der Waals surface area (Å²) in [4.78, 5) is 27.2. The normalized spacial score (nSPS) is 16.3. The average molecular weight is 406 g/mol. The average Bonchev–Trinajstić information content (AvgIpc) is 3.19. The number of benzene rings is 2. The van der Waals surface area contributed by atoms with Crippen molar-refractivity contribution in [3.05, 3.63) is 72.3 Å². The number of nitrogens with one attached hydrogen (secondary N) is 1. The number of likely N-dealkylation sites (tertiary alicyclic amines) is 1. The highest BCUT2D eigenvalue weighted by molar-refractivity contribution is 5.95. The van der Waals surface area contributed by atoms with Gasteiger partial charge in [-0.15, -0.1) is 0 Å². The first kappa shape index (κ1) is 19.8. The Morgan fingerprint density at radius 1 is 1.10 bits per heavy atom. The van der Waals surface area contributed by atoms with Gasteiger partial charge in [-0.3, -0.25) is 14.3 Å². The molecule has 1 fully saturated rings. The summed E-state index contributed by atoms with van der Waals surface area (Å²) in [6.45, 7) is 1.02. The monoisotopic (exact) mass is 406 g/mol. The van der Waals surface area contributed by atoms with Gasteiger partial charge in [-0.1, -0.05) is 24.3 Å². The van der Waals surface area contributed by atoms with Crippen LogP contribution in [0, 0.1) is 11.7 Å². The zero-order valence-corrected chi connectivity index (χ0v) is 16.7. The third kappa shape index (κ3) is 4.25. The van der Waals surface area contributed by atoms with Crippen LogP contribution in [0.15, 0.2) is 60.8 Å². The Bertz CT molecular complexity index is 1060. The van der Waals surface area contributed by atoms with E-state index in [-0.39, 0.29) is 23.5 Å². The first-order valence-electron chi connectivity index (χ1n) is 9.95. The number of rotatable bonds is 4. The first-order chi connectivity index (χ1) is 14.5. The second-order valence-corrected chi connectivity index (χ2v) is 7.51. The van der Waals surface area contributed by atoms with Crippen LogP contribution in [0.3, 0.4) is 0 Å². The number of anilines is 1. The van der Waals surface area contributed by atoms with E-state index in [4.69, 9.17) is 0 Å². The number of amides is 2. The highest BCUT2D eigenvalue weighted by atomic mass is 19.1. The fourth-order valence-corrected chi connectivity index (χ4v) is 3.78. The third-order valence-electron chi connectivity index (χ3n) is 5.43. The summed E-state index contributed by atoms with van der Waals surface area (Å²) in [7, 11) is 1.73. The molecule has 0 spiro atoms. The number of aromatic nitrogens is 2. The molecular weight excluding hydrogens is 383 g/mol. The van der Waals surface area contributed by atoms with Gasteiger partial charge in [0.15, 0.2) is 0 Å². The van der Waals surface area contributed by atoms with Crippen molar-refractivity contribution >= 4 is 17.5 Å². The van der Waals surface area contributed by atoms with Gasteiger partial charge in [-0.05, 0) is 54.3 Å². The molecule has 3 aromatic rings. The molecule has 4 rings (SSSR count). The number of carbonyl (C=O) groups is 2. The van der Waals surface area contributed by atoms with Gasteiger partial charge < -0.3 is 10.2 Å². The summed E-state index contributed by atoms with van der Waals surface area (Å²) < 4.78 is 15.0. The van der Waals surface area contributed by atoms with Crippen LogP contribution in [0.4, 0.5) is 10.1 Å². The summed E-state index contributed by atoms with van der Waals surface area (Å²) >= 11 is 0. The number of piperidine rings is 1. The Kier molecular flexibility index (Phi) is 5.61. The summed E-state index contributed by atoms with van der Waals surface area (Å²) in [5.74, 6) is -0.755. The van der Waals surface area contributed by atoms with Crippen LogP contribution in [0.5, 0.6) is 0 Å². The van der Waals surface area contributed by atoms with Crippen LogP contribution >= 0.6 is 0 Å². The van der Waals surface area contributed by atoms with Crippen molar-refractivity contribution in [2.45, 2.75) is 12.8 Å². The summed E-state index contributed by atoms with van der Waals surface area (Å²) in [6, 6.07) is 15.4. The van der Waals surface area contributed by atoms with Crippen LogP contribution in [-0.4, -0.2) is 39.6 Å². The Balaban J connectivity index is 1.40. The zero-order chi connectivity index (χ0) is 21.1. The summed E-state index contributed by atoms with van der Waals surface area (Å²) in [5.41, 5.74) is 2.85. The van der Waals surface area contributed by atoms with Gasteiger partial charge in [0.05, 0.1) is 5.92 Å². The van der Waals surface area contributed by atoms with Gasteiger partial charge >= 0.3 is 0 Å². The van der Waals surface area contributed by atoms with E-state index in [0.717, 1.165) is 24.0 Å². The molecule has 2 amide bonds. The molecule has 6 nitrogen and oxygen atoms in total. The van der Waals surface area contributed by atoms with Gasteiger partial charge in [0.25, 0.3) is 5.91 Å². The van der Waals surface area contributed by atoms with Crippen molar-refractivity contribution in [2.75, 3.05) is 18.4 Å². The Morgan fingerprint density at radius 2 is 1.90 bits per heavy atom. The minimum atomic E-state index is -0.285. The lowest BCUT2D eigenvalue weighted by molar-refractivity contribution is -0.121. The molecule has 154 valence electrons. The maximum absolute atomic E-state index is 13.4. The van der Waals surface area contributed by atoms with Crippen LogP contribution in [0.2, 0.25) is 0 Å². The molecule has 1 aliphatic rings. The molecule has 2 heterocycles. The molecule has 1 atom stereocenters. The standard InChI is InChI=1S/C23H23FN4O2/c1-27-21(11-12-25-27)23(30)28-13-3-5-18(15-28)22(29)26-20-9-7-16(8-10-20)17-4-2-6-19(24)14-17/h2,4,6-12,14,18H,3,5,13,15H2,1H3,(H,26,29)/t18-/m1/s1. The molecule has 0 bridgehead atoms. The van der Waals surface area contributed by atoms with Crippen molar-refractivity contribution < 1.29 is 14.0 Å². The van der Waals surface area contributed by atoms with Gasteiger partial charge in [0.2, 0.25) is 5.91 Å². The Labute approximate surface area is 174 Å². The molecule has 1 aromatic heterocycles. The van der Waals surface area contributed by atoms with E-state index < -0.39 is 0 Å². The largest absolute Gasteiger partial charge is 0.337 e. The molecule has 7 heteroatoms. The smallest absolute Gasteiger partial charge is 0.272 e. The van der Waals surface area contributed by atoms with Gasteiger partial charge in [0.1, 0.15) is 11.5 Å². The maximum Gasteiger partial charge on any atom is 0.272 e. The lowest BCUT2D eigenvalue weighted by atomic mass is 9.96. The highest BCUT2D eigenvalue weighted by Crippen LogP contribution is 2.24. The Morgan fingerprint density at radius 3 is 2.60 bits per heavy atom. The van der Waals surface area contributed by atoms with Crippen molar-refractivity contribution in [2.24, 2.45) is 13.0 Å². The first-order valence-corrected chi connectivity index (χ1v) is 9.95. The fourth-order valence-electron chi connectivity index (χ4n) is 3.78. The SMILES string of the molecule is Cn1nccc1C(=O)N1CCC[C@@H](C(=O)Nc2ccc(-c3cccc(F)c3)cc2)C1. The molecule has 0 unspecified atom stereocenters. The lowest BCUT2D eigenvalue weighted by Gasteiger charge is -2.32. The number of carbonyl (C=O) groups excluding carboxylic acids is 2. The predicted molar refractivity (Wildman–Crippen MR) is 112 cm³/mol. The van der Waals surface area contributed by atoms with E-state index in [1.165, 1.54) is 12.1 Å². The molecule has 1 saturated heterocycles. The Hall–Kier alpha value is -3.48. The van der Waals surface area contributed by atoms with E-state index >= 15 is 0 Å². The minimum Gasteiger partial charge on any atom is -0.337 e. The predicted octanol–water partition coefficient (Wildman–Crippen LogP) is 3.72. The molecule has 0 aliphatic carbocycles. The number of halogens is 1. The second kappa shape index (κ2) is 8.49. The quantitative estimate of drug-likeness (QED) is 0.718. The molecule has 0 saturated carbocycles. The lowest BCUT2D eigenvalue weighted by Crippen LogP contribution is -2.44. The van der Waals surface area contributed by atoms with Crippen molar-refractivity contribution in [3.63, 3.8) is 0 Å². The van der Waals surface area contributed by atoms with E-state index in [1.807, 2.05) is 18.2 Å². The van der Waals surface area contributed by atoms with E-state index in [0.29, 0.717) is 24.5 Å². The molecule has 2 aromatic carbocycles. The molecule has 1 N–H and O–H groups in total. The zero-order valence-electron chi connectivity index (χ0n) is 16.7. The molecule has 30 heavy (non-hydrogen) atoms. The van der Waals surface area contributed by atoms with Crippen LogP contribution in [0.25, 0.3) is 11.1 Å². The van der Waals surface area contributed by atoms with Crippen LogP contribution in [-0.2, 0) is 11.8 Å². The molecular formula is C23H23FN4O2. The number of hydrogen-bond donors (Lipinski definition) is 1. The topological polar surface area (TPSA) is 67.2 Å². The second-order valence-electron chi connectivity index (χ2n) is 7.51. The number of aryl methyl sites for hydroxylation is 1. The van der Waals surface area contributed by atoms with Gasteiger partial charge in [-0.25, -0.2) is 4.39 Å². The van der Waals surface area contributed by atoms with Crippen molar-refractivity contribution in [1.29, 1.82) is 0 Å². The van der Waals surface area contributed by atoms with E-state index in [2.05, 4.69) is 10.4 Å². The number of hydrogen-bond acceptors (Lipinski definition) is 3. The minimum absolute atomic E-state index is 0.101. The fraction of sp³-hybridized carbons (Fsp3) is 0.261. The molecule has 1 aliphatic heterocycles. The third-order valence-corrected chi connectivity index (χ3v) is 5.43. The van der Waals surface area contributed by atoms with Crippen LogP contribution in [0.1, 0.15) is 23.3 Å². The van der Waals surface area contributed by atoms with Crippen molar-refractivity contribution in [3.8, 4) is 11.1 Å². The van der Waals surface area contributed by atoms with E-state index in [9.17, 15) is 14.0 Å². The van der Waals surface area contributed by atoms with Crippen LogP contribution < -0.4 is 5.32 Å². The summed E-state index contributed by atoms with van der Waals surface area (Å²) in [5, 5.41) is 6.98. The summed E-state index contributed by atoms with van der Waals surface area (Å²) in [6.07, 6.45) is 3.11.